The second kappa shape index (κ2) is 5.71. The molecule has 0 aromatic heterocycles. The number of phenolic OH excluding ortho intramolecular Hbond substituents is 1. The van der Waals surface area contributed by atoms with Crippen molar-refractivity contribution in [1.29, 1.82) is 0 Å². The fourth-order valence-corrected chi connectivity index (χ4v) is 2.05. The van der Waals surface area contributed by atoms with Gasteiger partial charge in [-0.1, -0.05) is 19.9 Å². The van der Waals surface area contributed by atoms with Crippen molar-refractivity contribution >= 4 is 5.91 Å². The minimum atomic E-state index is -0.0212. The highest BCUT2D eigenvalue weighted by atomic mass is 16.3. The summed E-state index contributed by atoms with van der Waals surface area (Å²) >= 11 is 0. The van der Waals surface area contributed by atoms with E-state index in [-0.39, 0.29) is 17.7 Å². The molecule has 94 valence electrons. The monoisotopic (exact) mass is 235 g/mol. The molecule has 1 rings (SSSR count). The average molecular weight is 235 g/mol. The molecule has 0 bridgehead atoms. The van der Waals surface area contributed by atoms with Crippen LogP contribution in [0.25, 0.3) is 0 Å². The highest BCUT2D eigenvalue weighted by Gasteiger charge is 2.20. The van der Waals surface area contributed by atoms with Crippen LogP contribution in [-0.4, -0.2) is 29.0 Å². The topological polar surface area (TPSA) is 40.5 Å². The van der Waals surface area contributed by atoms with E-state index in [9.17, 15) is 9.90 Å². The number of phenols is 1. The predicted molar refractivity (Wildman–Crippen MR) is 69.3 cm³/mol. The maximum Gasteiger partial charge on any atom is 0.254 e. The summed E-state index contributed by atoms with van der Waals surface area (Å²) in [6.07, 6.45) is 1.88. The molecular weight excluding hydrogens is 214 g/mol. The van der Waals surface area contributed by atoms with E-state index < -0.39 is 0 Å². The number of carbonyl (C=O) groups is 1. The number of amides is 1. The SMILES string of the molecule is CCC(CC)N(C)C(=O)c1cccc(O)c1C. The molecule has 3 heteroatoms. The molecule has 1 amide bonds. The average Bonchev–Trinajstić information content (AvgIpc) is 2.33. The molecule has 0 saturated carbocycles. The molecule has 0 unspecified atom stereocenters. The molecule has 0 aliphatic rings. The molecule has 1 N–H and O–H groups in total. The highest BCUT2D eigenvalue weighted by Crippen LogP contribution is 2.21. The standard InChI is InChI=1S/C14H21NO2/c1-5-11(6-2)15(4)14(17)12-8-7-9-13(16)10(12)3/h7-9,11,16H,5-6H2,1-4H3. The molecule has 0 spiro atoms. The third-order valence-corrected chi connectivity index (χ3v) is 3.35. The number of rotatable bonds is 4. The van der Waals surface area contributed by atoms with Crippen LogP contribution in [0.2, 0.25) is 0 Å². The van der Waals surface area contributed by atoms with Gasteiger partial charge in [-0.2, -0.15) is 0 Å². The van der Waals surface area contributed by atoms with Crippen molar-refractivity contribution < 1.29 is 9.90 Å². The van der Waals surface area contributed by atoms with Gasteiger partial charge < -0.3 is 10.0 Å². The van der Waals surface area contributed by atoms with Gasteiger partial charge in [0, 0.05) is 24.2 Å². The first-order chi connectivity index (χ1) is 8.02. The predicted octanol–water partition coefficient (Wildman–Crippen LogP) is 2.96. The van der Waals surface area contributed by atoms with Crippen molar-refractivity contribution in [1.82, 2.24) is 4.90 Å². The molecule has 0 aliphatic heterocycles. The maximum absolute atomic E-state index is 12.3. The normalized spacial score (nSPS) is 10.6. The Bertz CT molecular complexity index is 397. The van der Waals surface area contributed by atoms with E-state index in [2.05, 4.69) is 13.8 Å². The van der Waals surface area contributed by atoms with E-state index in [0.29, 0.717) is 11.1 Å². The van der Waals surface area contributed by atoms with Gasteiger partial charge in [-0.3, -0.25) is 4.79 Å². The minimum absolute atomic E-state index is 0.0212. The molecular formula is C14H21NO2. The van der Waals surface area contributed by atoms with Crippen LogP contribution in [0, 0.1) is 6.92 Å². The first-order valence-corrected chi connectivity index (χ1v) is 6.08. The Labute approximate surface area is 103 Å². The van der Waals surface area contributed by atoms with E-state index in [1.165, 1.54) is 0 Å². The smallest absolute Gasteiger partial charge is 0.254 e. The van der Waals surface area contributed by atoms with Gasteiger partial charge in [-0.05, 0) is 31.9 Å². The van der Waals surface area contributed by atoms with Gasteiger partial charge in [0.15, 0.2) is 0 Å². The van der Waals surface area contributed by atoms with Gasteiger partial charge in [0.2, 0.25) is 0 Å². The summed E-state index contributed by atoms with van der Waals surface area (Å²) in [4.78, 5) is 14.1. The van der Waals surface area contributed by atoms with Crippen molar-refractivity contribution in [2.75, 3.05) is 7.05 Å². The summed E-state index contributed by atoms with van der Waals surface area (Å²) in [5.41, 5.74) is 1.23. The lowest BCUT2D eigenvalue weighted by Gasteiger charge is -2.27. The summed E-state index contributed by atoms with van der Waals surface area (Å²) in [6.45, 7) is 5.92. The third kappa shape index (κ3) is 2.78. The van der Waals surface area contributed by atoms with Gasteiger partial charge in [-0.15, -0.1) is 0 Å². The third-order valence-electron chi connectivity index (χ3n) is 3.35. The van der Waals surface area contributed by atoms with Gasteiger partial charge >= 0.3 is 0 Å². The first-order valence-electron chi connectivity index (χ1n) is 6.08. The van der Waals surface area contributed by atoms with Crippen molar-refractivity contribution in [2.45, 2.75) is 39.7 Å². The molecule has 17 heavy (non-hydrogen) atoms. The number of carbonyl (C=O) groups excluding carboxylic acids is 1. The van der Waals surface area contributed by atoms with Crippen LogP contribution in [0.15, 0.2) is 18.2 Å². The Morgan fingerprint density at radius 2 is 1.94 bits per heavy atom. The quantitative estimate of drug-likeness (QED) is 0.871. The van der Waals surface area contributed by atoms with Gasteiger partial charge in [0.05, 0.1) is 0 Å². The summed E-state index contributed by atoms with van der Waals surface area (Å²) in [6, 6.07) is 5.32. The van der Waals surface area contributed by atoms with Gasteiger partial charge in [-0.25, -0.2) is 0 Å². The largest absolute Gasteiger partial charge is 0.508 e. The van der Waals surface area contributed by atoms with E-state index in [4.69, 9.17) is 0 Å². The Morgan fingerprint density at radius 3 is 2.47 bits per heavy atom. The zero-order valence-corrected chi connectivity index (χ0v) is 11.0. The zero-order chi connectivity index (χ0) is 13.0. The van der Waals surface area contributed by atoms with Crippen molar-refractivity contribution in [3.63, 3.8) is 0 Å². The number of aromatic hydroxyl groups is 1. The van der Waals surface area contributed by atoms with E-state index >= 15 is 0 Å². The maximum atomic E-state index is 12.3. The first kappa shape index (κ1) is 13.6. The molecule has 0 radical (unpaired) electrons. The second-order valence-electron chi connectivity index (χ2n) is 4.34. The summed E-state index contributed by atoms with van der Waals surface area (Å²) in [7, 11) is 1.82. The van der Waals surface area contributed by atoms with Crippen LogP contribution in [0.1, 0.15) is 42.6 Å². The number of hydrogen-bond acceptors (Lipinski definition) is 2. The fourth-order valence-electron chi connectivity index (χ4n) is 2.05. The Morgan fingerprint density at radius 1 is 1.35 bits per heavy atom. The molecule has 0 heterocycles. The number of hydrogen-bond donors (Lipinski definition) is 1. The van der Waals surface area contributed by atoms with Crippen LogP contribution in [-0.2, 0) is 0 Å². The second-order valence-corrected chi connectivity index (χ2v) is 4.34. The van der Waals surface area contributed by atoms with E-state index in [0.717, 1.165) is 12.8 Å². The molecule has 3 nitrogen and oxygen atoms in total. The van der Waals surface area contributed by atoms with E-state index in [1.807, 2.05) is 7.05 Å². The molecule has 1 aromatic rings. The van der Waals surface area contributed by atoms with E-state index in [1.54, 1.807) is 30.0 Å². The lowest BCUT2D eigenvalue weighted by atomic mass is 10.0. The lowest BCUT2D eigenvalue weighted by Crippen LogP contribution is -2.36. The van der Waals surface area contributed by atoms with Crippen molar-refractivity contribution in [2.24, 2.45) is 0 Å². The Balaban J connectivity index is 3.00. The zero-order valence-electron chi connectivity index (χ0n) is 11.0. The fraction of sp³-hybridized carbons (Fsp3) is 0.500. The van der Waals surface area contributed by atoms with Gasteiger partial charge in [0.25, 0.3) is 5.91 Å². The number of nitrogens with zero attached hydrogens (tertiary/aromatic N) is 1. The minimum Gasteiger partial charge on any atom is -0.508 e. The van der Waals surface area contributed by atoms with Crippen LogP contribution < -0.4 is 0 Å². The molecule has 0 aliphatic carbocycles. The molecule has 0 atom stereocenters. The van der Waals surface area contributed by atoms with Crippen LogP contribution >= 0.6 is 0 Å². The summed E-state index contributed by atoms with van der Waals surface area (Å²) < 4.78 is 0. The van der Waals surface area contributed by atoms with Crippen LogP contribution in [0.5, 0.6) is 5.75 Å². The van der Waals surface area contributed by atoms with Crippen LogP contribution in [0.3, 0.4) is 0 Å². The van der Waals surface area contributed by atoms with Crippen molar-refractivity contribution in [3.05, 3.63) is 29.3 Å². The highest BCUT2D eigenvalue weighted by molar-refractivity contribution is 5.96. The number of benzene rings is 1. The van der Waals surface area contributed by atoms with Crippen molar-refractivity contribution in [3.8, 4) is 5.75 Å². The molecule has 0 saturated heterocycles. The Hall–Kier alpha value is -1.51. The summed E-state index contributed by atoms with van der Waals surface area (Å²) in [5, 5.41) is 9.61. The lowest BCUT2D eigenvalue weighted by molar-refractivity contribution is 0.0722. The molecule has 1 aromatic carbocycles. The summed E-state index contributed by atoms with van der Waals surface area (Å²) in [5.74, 6) is 0.154. The molecule has 0 fully saturated rings. The van der Waals surface area contributed by atoms with Gasteiger partial charge in [0.1, 0.15) is 5.75 Å². The Kier molecular flexibility index (Phi) is 4.55. The van der Waals surface area contributed by atoms with Crippen LogP contribution in [0.4, 0.5) is 0 Å².